The Morgan fingerprint density at radius 2 is 2.00 bits per heavy atom. The van der Waals surface area contributed by atoms with Crippen LogP contribution in [0.5, 0.6) is 5.75 Å². The molecule has 19 heavy (non-hydrogen) atoms. The Labute approximate surface area is 119 Å². The molecule has 0 spiro atoms. The van der Waals surface area contributed by atoms with Crippen LogP contribution in [0.25, 0.3) is 0 Å². The molecule has 0 atom stereocenters. The molecule has 0 amide bonds. The van der Waals surface area contributed by atoms with Gasteiger partial charge in [-0.25, -0.2) is 4.39 Å². The second kappa shape index (κ2) is 6.04. The van der Waals surface area contributed by atoms with Gasteiger partial charge in [0.25, 0.3) is 0 Å². The maximum absolute atomic E-state index is 13.6. The zero-order valence-corrected chi connectivity index (χ0v) is 11.2. The highest BCUT2D eigenvalue weighted by Crippen LogP contribution is 2.24. The van der Waals surface area contributed by atoms with Crippen LogP contribution in [0.15, 0.2) is 36.4 Å². The molecule has 0 heterocycles. The number of hydrogen-bond donors (Lipinski definition) is 0. The quantitative estimate of drug-likeness (QED) is 0.776. The highest BCUT2D eigenvalue weighted by atomic mass is 35.5. The van der Waals surface area contributed by atoms with Gasteiger partial charge >= 0.3 is 0 Å². The summed E-state index contributed by atoms with van der Waals surface area (Å²) in [6.07, 6.45) is 0.634. The molecule has 0 N–H and O–H groups in total. The molecule has 0 saturated carbocycles. The van der Waals surface area contributed by atoms with Crippen molar-refractivity contribution >= 4 is 29.5 Å². The van der Waals surface area contributed by atoms with Gasteiger partial charge in [-0.3, -0.25) is 4.79 Å². The van der Waals surface area contributed by atoms with E-state index in [-0.39, 0.29) is 11.6 Å². The van der Waals surface area contributed by atoms with Crippen molar-refractivity contribution in [2.45, 2.75) is 6.61 Å². The van der Waals surface area contributed by atoms with E-state index >= 15 is 0 Å². The maximum atomic E-state index is 13.6. The minimum Gasteiger partial charge on any atom is -0.488 e. The van der Waals surface area contributed by atoms with E-state index in [1.165, 1.54) is 12.1 Å². The van der Waals surface area contributed by atoms with Crippen LogP contribution in [0.3, 0.4) is 0 Å². The number of halogens is 3. The Bertz CT molecular complexity index is 614. The van der Waals surface area contributed by atoms with Gasteiger partial charge in [0.2, 0.25) is 0 Å². The summed E-state index contributed by atoms with van der Waals surface area (Å²) in [5.74, 6) is -0.176. The monoisotopic (exact) mass is 298 g/mol. The molecule has 5 heteroatoms. The van der Waals surface area contributed by atoms with Crippen molar-refractivity contribution in [3.8, 4) is 5.75 Å². The van der Waals surface area contributed by atoms with Gasteiger partial charge in [0.05, 0.1) is 10.6 Å². The van der Waals surface area contributed by atoms with E-state index in [2.05, 4.69) is 0 Å². The first-order valence-electron chi connectivity index (χ1n) is 5.42. The molecule has 0 fully saturated rings. The van der Waals surface area contributed by atoms with Crippen molar-refractivity contribution in [3.05, 3.63) is 63.4 Å². The number of hydrogen-bond acceptors (Lipinski definition) is 2. The largest absolute Gasteiger partial charge is 0.488 e. The Balaban J connectivity index is 2.19. The van der Waals surface area contributed by atoms with Crippen molar-refractivity contribution in [1.82, 2.24) is 0 Å². The molecule has 0 unspecified atom stereocenters. The molecule has 0 aromatic heterocycles. The third kappa shape index (κ3) is 3.25. The van der Waals surface area contributed by atoms with Crippen molar-refractivity contribution in [2.24, 2.45) is 0 Å². The van der Waals surface area contributed by atoms with Gasteiger partial charge in [0.15, 0.2) is 6.29 Å². The second-order valence-electron chi connectivity index (χ2n) is 3.80. The zero-order valence-electron chi connectivity index (χ0n) is 9.70. The van der Waals surface area contributed by atoms with Crippen molar-refractivity contribution in [1.29, 1.82) is 0 Å². The van der Waals surface area contributed by atoms with Crippen LogP contribution < -0.4 is 4.74 Å². The molecular formula is C14H9Cl2FO2. The van der Waals surface area contributed by atoms with Gasteiger partial charge in [-0.2, -0.15) is 0 Å². The lowest BCUT2D eigenvalue weighted by atomic mass is 10.2. The Kier molecular flexibility index (Phi) is 4.40. The summed E-state index contributed by atoms with van der Waals surface area (Å²) in [5.41, 5.74) is 0.634. The summed E-state index contributed by atoms with van der Waals surface area (Å²) < 4.78 is 19.1. The molecular weight excluding hydrogens is 290 g/mol. The SMILES string of the molecule is O=Cc1cc(Cl)ccc1OCc1cccc(Cl)c1F. The molecule has 2 rings (SSSR count). The van der Waals surface area contributed by atoms with E-state index in [4.69, 9.17) is 27.9 Å². The third-order valence-electron chi connectivity index (χ3n) is 2.51. The van der Waals surface area contributed by atoms with Crippen LogP contribution in [0.1, 0.15) is 15.9 Å². The highest BCUT2D eigenvalue weighted by molar-refractivity contribution is 6.31. The topological polar surface area (TPSA) is 26.3 Å². The zero-order chi connectivity index (χ0) is 13.8. The van der Waals surface area contributed by atoms with Crippen molar-refractivity contribution < 1.29 is 13.9 Å². The fraction of sp³-hybridized carbons (Fsp3) is 0.0714. The van der Waals surface area contributed by atoms with Crippen LogP contribution in [-0.2, 0) is 6.61 Å². The van der Waals surface area contributed by atoms with Gasteiger partial charge in [-0.05, 0) is 24.3 Å². The maximum Gasteiger partial charge on any atom is 0.153 e. The lowest BCUT2D eigenvalue weighted by Crippen LogP contribution is -2.01. The van der Waals surface area contributed by atoms with Gasteiger partial charge in [-0.15, -0.1) is 0 Å². The van der Waals surface area contributed by atoms with Gasteiger partial charge in [0, 0.05) is 10.6 Å². The molecule has 0 bridgehead atoms. The van der Waals surface area contributed by atoms with E-state index in [0.29, 0.717) is 28.2 Å². The molecule has 0 aliphatic carbocycles. The van der Waals surface area contributed by atoms with Crippen LogP contribution in [-0.4, -0.2) is 6.29 Å². The van der Waals surface area contributed by atoms with Crippen LogP contribution >= 0.6 is 23.2 Å². The molecule has 0 radical (unpaired) electrons. The summed E-state index contributed by atoms with van der Waals surface area (Å²) in [6, 6.07) is 9.30. The average Bonchev–Trinajstić information content (AvgIpc) is 2.41. The van der Waals surface area contributed by atoms with E-state index < -0.39 is 5.82 Å². The molecule has 2 nitrogen and oxygen atoms in total. The summed E-state index contributed by atoms with van der Waals surface area (Å²) >= 11 is 11.4. The first kappa shape index (κ1) is 13.8. The lowest BCUT2D eigenvalue weighted by molar-refractivity contribution is 0.111. The minimum absolute atomic E-state index is 0.0190. The van der Waals surface area contributed by atoms with Gasteiger partial charge in [0.1, 0.15) is 18.2 Å². The minimum atomic E-state index is -0.522. The number of benzene rings is 2. The summed E-state index contributed by atoms with van der Waals surface area (Å²) in [5, 5.41) is 0.469. The van der Waals surface area contributed by atoms with E-state index in [9.17, 15) is 9.18 Å². The first-order valence-corrected chi connectivity index (χ1v) is 6.18. The lowest BCUT2D eigenvalue weighted by Gasteiger charge is -2.09. The fourth-order valence-corrected chi connectivity index (χ4v) is 1.93. The van der Waals surface area contributed by atoms with E-state index in [0.717, 1.165) is 0 Å². The molecule has 0 aliphatic rings. The molecule has 0 aliphatic heterocycles. The third-order valence-corrected chi connectivity index (χ3v) is 3.04. The smallest absolute Gasteiger partial charge is 0.153 e. The number of aldehydes is 1. The molecule has 2 aromatic carbocycles. The summed E-state index contributed by atoms with van der Waals surface area (Å²) in [6.45, 7) is -0.0190. The summed E-state index contributed by atoms with van der Waals surface area (Å²) in [7, 11) is 0. The standard InChI is InChI=1S/C14H9Cl2FO2/c15-11-4-5-13(10(6-11)7-18)19-8-9-2-1-3-12(16)14(9)17/h1-7H,8H2. The van der Waals surface area contributed by atoms with Crippen LogP contribution in [0.4, 0.5) is 4.39 Å². The molecule has 2 aromatic rings. The van der Waals surface area contributed by atoms with Gasteiger partial charge in [-0.1, -0.05) is 35.3 Å². The normalized spacial score (nSPS) is 10.3. The van der Waals surface area contributed by atoms with E-state index in [1.54, 1.807) is 24.3 Å². The number of ether oxygens (including phenoxy) is 1. The Hall–Kier alpha value is -1.58. The Morgan fingerprint density at radius 3 is 2.74 bits per heavy atom. The van der Waals surface area contributed by atoms with E-state index in [1.807, 2.05) is 0 Å². The number of rotatable bonds is 4. The highest BCUT2D eigenvalue weighted by Gasteiger charge is 2.09. The molecule has 0 saturated heterocycles. The van der Waals surface area contributed by atoms with Crippen LogP contribution in [0, 0.1) is 5.82 Å². The predicted octanol–water partition coefficient (Wildman–Crippen LogP) is 4.52. The first-order chi connectivity index (χ1) is 9.11. The summed E-state index contributed by atoms with van der Waals surface area (Å²) in [4.78, 5) is 10.9. The fourth-order valence-electron chi connectivity index (χ4n) is 1.56. The average molecular weight is 299 g/mol. The second-order valence-corrected chi connectivity index (χ2v) is 4.65. The van der Waals surface area contributed by atoms with Crippen LogP contribution in [0.2, 0.25) is 10.0 Å². The van der Waals surface area contributed by atoms with Crippen molar-refractivity contribution in [2.75, 3.05) is 0 Å². The van der Waals surface area contributed by atoms with Crippen molar-refractivity contribution in [3.63, 3.8) is 0 Å². The molecule has 98 valence electrons. The van der Waals surface area contributed by atoms with Gasteiger partial charge < -0.3 is 4.74 Å². The number of carbonyl (C=O) groups excluding carboxylic acids is 1. The Morgan fingerprint density at radius 1 is 1.21 bits per heavy atom. The number of carbonyl (C=O) groups is 1. The predicted molar refractivity (Wildman–Crippen MR) is 72.6 cm³/mol.